The van der Waals surface area contributed by atoms with E-state index >= 15 is 0 Å². The Hall–Kier alpha value is -0.300. The van der Waals surface area contributed by atoms with Crippen LogP contribution < -0.4 is 0 Å². The highest BCUT2D eigenvalue weighted by atomic mass is 35.5. The van der Waals surface area contributed by atoms with Crippen LogP contribution in [0.15, 0.2) is 12.2 Å². The molecule has 2 heteroatoms. The Morgan fingerprint density at radius 1 is 0.652 bits per heavy atom. The summed E-state index contributed by atoms with van der Waals surface area (Å²) in [5.41, 5.74) is 0. The summed E-state index contributed by atoms with van der Waals surface area (Å²) in [6, 6.07) is 0. The Labute approximate surface area is 150 Å². The molecule has 0 radical (unpaired) electrons. The summed E-state index contributed by atoms with van der Waals surface area (Å²) in [5.74, 6) is 0. The molecule has 0 fully saturated rings. The molecule has 136 valence electrons. The normalized spacial score (nSPS) is 11.4. The Bertz CT molecular complexity index is 273. The highest BCUT2D eigenvalue weighted by molar-refractivity contribution is 6.63. The second-order valence-electron chi connectivity index (χ2n) is 6.77. The predicted octanol–water partition coefficient (Wildman–Crippen LogP) is 7.96. The van der Waals surface area contributed by atoms with Gasteiger partial charge >= 0.3 is 0 Å². The van der Waals surface area contributed by atoms with Crippen LogP contribution >= 0.6 is 11.6 Å². The van der Waals surface area contributed by atoms with E-state index in [1.54, 1.807) is 0 Å². The smallest absolute Gasteiger partial charge is 0.221 e. The van der Waals surface area contributed by atoms with Crippen molar-refractivity contribution in [2.24, 2.45) is 0 Å². The van der Waals surface area contributed by atoms with Gasteiger partial charge in [-0.25, -0.2) is 0 Å². The topological polar surface area (TPSA) is 17.1 Å². The lowest BCUT2D eigenvalue weighted by Crippen LogP contribution is -1.86. The van der Waals surface area contributed by atoms with Gasteiger partial charge in [-0.3, -0.25) is 4.79 Å². The number of hydrogen-bond donors (Lipinski definition) is 0. The van der Waals surface area contributed by atoms with Crippen molar-refractivity contribution < 1.29 is 4.79 Å². The molecule has 23 heavy (non-hydrogen) atoms. The van der Waals surface area contributed by atoms with Gasteiger partial charge in [0.15, 0.2) is 0 Å². The number of carbonyl (C=O) groups is 1. The monoisotopic (exact) mass is 342 g/mol. The van der Waals surface area contributed by atoms with Crippen molar-refractivity contribution in [3.63, 3.8) is 0 Å². The van der Waals surface area contributed by atoms with E-state index in [1.807, 2.05) is 0 Å². The number of carbonyl (C=O) groups excluding carboxylic acids is 1. The highest BCUT2D eigenvalue weighted by Crippen LogP contribution is 2.14. The molecule has 0 aromatic carbocycles. The first-order valence-corrected chi connectivity index (χ1v) is 10.4. The molecule has 0 amide bonds. The number of hydrogen-bond acceptors (Lipinski definition) is 1. The van der Waals surface area contributed by atoms with Gasteiger partial charge in [-0.05, 0) is 37.8 Å². The predicted molar refractivity (Wildman–Crippen MR) is 104 cm³/mol. The van der Waals surface area contributed by atoms with Crippen LogP contribution in [0.3, 0.4) is 0 Å². The van der Waals surface area contributed by atoms with Gasteiger partial charge in [0.05, 0.1) is 0 Å². The third-order valence-electron chi connectivity index (χ3n) is 4.48. The molecule has 0 aromatic heterocycles. The molecule has 0 atom stereocenters. The zero-order valence-corrected chi connectivity index (χ0v) is 16.2. The van der Waals surface area contributed by atoms with E-state index in [1.165, 1.54) is 89.9 Å². The van der Waals surface area contributed by atoms with Crippen LogP contribution in [0.4, 0.5) is 0 Å². The van der Waals surface area contributed by atoms with Gasteiger partial charge in [-0.2, -0.15) is 0 Å². The van der Waals surface area contributed by atoms with Crippen LogP contribution in [-0.4, -0.2) is 5.24 Å². The van der Waals surface area contributed by atoms with Crippen molar-refractivity contribution in [3.8, 4) is 0 Å². The van der Waals surface area contributed by atoms with Crippen LogP contribution in [0.2, 0.25) is 0 Å². The first-order chi connectivity index (χ1) is 11.3. The quantitative estimate of drug-likeness (QED) is 0.140. The van der Waals surface area contributed by atoms with Gasteiger partial charge in [0, 0.05) is 6.42 Å². The van der Waals surface area contributed by atoms with Gasteiger partial charge < -0.3 is 0 Å². The van der Waals surface area contributed by atoms with E-state index in [0.29, 0.717) is 6.42 Å². The number of unbranched alkanes of at least 4 members (excludes halogenated alkanes) is 15. The third-order valence-corrected chi connectivity index (χ3v) is 4.67. The lowest BCUT2D eigenvalue weighted by molar-refractivity contribution is -0.111. The molecule has 0 aliphatic heterocycles. The van der Waals surface area contributed by atoms with Gasteiger partial charge in [0.25, 0.3) is 0 Å². The second kappa shape index (κ2) is 19.7. The van der Waals surface area contributed by atoms with Crippen molar-refractivity contribution in [1.82, 2.24) is 0 Å². The van der Waals surface area contributed by atoms with Crippen molar-refractivity contribution >= 4 is 16.8 Å². The molecule has 0 aliphatic carbocycles. The van der Waals surface area contributed by atoms with Gasteiger partial charge in [-0.15, -0.1) is 0 Å². The first-order valence-electron chi connectivity index (χ1n) is 10.1. The highest BCUT2D eigenvalue weighted by Gasteiger charge is 1.96. The fourth-order valence-corrected chi connectivity index (χ4v) is 3.12. The van der Waals surface area contributed by atoms with E-state index in [-0.39, 0.29) is 5.24 Å². The van der Waals surface area contributed by atoms with E-state index in [2.05, 4.69) is 19.1 Å². The Morgan fingerprint density at radius 2 is 1.00 bits per heavy atom. The molecule has 0 bridgehead atoms. The SMILES string of the molecule is C/C=C/CCCCCCCCCCCCCCCCCC(=O)Cl. The Morgan fingerprint density at radius 3 is 1.35 bits per heavy atom. The van der Waals surface area contributed by atoms with E-state index < -0.39 is 0 Å². The lowest BCUT2D eigenvalue weighted by Gasteiger charge is -2.03. The van der Waals surface area contributed by atoms with Crippen molar-refractivity contribution in [2.45, 2.75) is 116 Å². The largest absolute Gasteiger partial charge is 0.281 e. The summed E-state index contributed by atoms with van der Waals surface area (Å²) in [7, 11) is 0. The summed E-state index contributed by atoms with van der Waals surface area (Å²) in [5, 5.41) is -0.182. The zero-order valence-electron chi connectivity index (χ0n) is 15.5. The number of halogens is 1. The summed E-state index contributed by atoms with van der Waals surface area (Å²) >= 11 is 5.31. The zero-order chi connectivity index (χ0) is 17.0. The molecule has 0 rings (SSSR count). The van der Waals surface area contributed by atoms with Crippen molar-refractivity contribution in [3.05, 3.63) is 12.2 Å². The fraction of sp³-hybridized carbons (Fsp3) is 0.857. The minimum Gasteiger partial charge on any atom is -0.281 e. The number of allylic oxidation sites excluding steroid dienone is 2. The van der Waals surface area contributed by atoms with Gasteiger partial charge in [0.2, 0.25) is 5.24 Å². The van der Waals surface area contributed by atoms with Crippen LogP contribution in [0.25, 0.3) is 0 Å². The standard InChI is InChI=1S/C21H39ClO/c1-2-3-4-5-6-7-8-9-10-11-12-13-14-15-16-17-18-19-20-21(22)23/h2-3H,4-20H2,1H3/b3-2+. The Kier molecular flexibility index (Phi) is 19.5. The van der Waals surface area contributed by atoms with E-state index in [4.69, 9.17) is 11.6 Å². The molecule has 0 saturated carbocycles. The van der Waals surface area contributed by atoms with Crippen LogP contribution in [0.1, 0.15) is 116 Å². The van der Waals surface area contributed by atoms with Gasteiger partial charge in [-0.1, -0.05) is 95.6 Å². The maximum absolute atomic E-state index is 10.6. The van der Waals surface area contributed by atoms with Gasteiger partial charge in [0.1, 0.15) is 0 Å². The van der Waals surface area contributed by atoms with Crippen LogP contribution in [-0.2, 0) is 4.79 Å². The minimum absolute atomic E-state index is 0.182. The average Bonchev–Trinajstić information content (AvgIpc) is 2.53. The maximum Gasteiger partial charge on any atom is 0.221 e. The summed E-state index contributed by atoms with van der Waals surface area (Å²) in [6.07, 6.45) is 26.5. The van der Waals surface area contributed by atoms with Crippen LogP contribution in [0.5, 0.6) is 0 Å². The first kappa shape index (κ1) is 22.7. The Balaban J connectivity index is 2.98. The average molecular weight is 343 g/mol. The second-order valence-corrected chi connectivity index (χ2v) is 7.19. The molecule has 0 unspecified atom stereocenters. The molecular formula is C21H39ClO. The minimum atomic E-state index is -0.182. The fourth-order valence-electron chi connectivity index (χ4n) is 2.99. The van der Waals surface area contributed by atoms with E-state index in [0.717, 1.165) is 12.8 Å². The van der Waals surface area contributed by atoms with Crippen molar-refractivity contribution in [1.29, 1.82) is 0 Å². The van der Waals surface area contributed by atoms with E-state index in [9.17, 15) is 4.79 Å². The van der Waals surface area contributed by atoms with Crippen LogP contribution in [0, 0.1) is 0 Å². The summed E-state index contributed by atoms with van der Waals surface area (Å²) < 4.78 is 0. The molecular weight excluding hydrogens is 304 g/mol. The molecule has 0 aliphatic rings. The maximum atomic E-state index is 10.6. The number of rotatable bonds is 18. The lowest BCUT2D eigenvalue weighted by atomic mass is 10.0. The molecule has 0 heterocycles. The molecule has 0 aromatic rings. The molecule has 0 saturated heterocycles. The third kappa shape index (κ3) is 21.7. The summed E-state index contributed by atoms with van der Waals surface area (Å²) in [6.45, 7) is 2.10. The molecule has 0 N–H and O–H groups in total. The molecule has 0 spiro atoms. The molecule has 1 nitrogen and oxygen atoms in total. The van der Waals surface area contributed by atoms with Crippen molar-refractivity contribution in [2.75, 3.05) is 0 Å². The summed E-state index contributed by atoms with van der Waals surface area (Å²) in [4.78, 5) is 10.6.